The van der Waals surface area contributed by atoms with Gasteiger partial charge in [-0.3, -0.25) is 4.90 Å². The number of hydrogen-bond donors (Lipinski definition) is 1. The summed E-state index contributed by atoms with van der Waals surface area (Å²) in [5.74, 6) is 0. The van der Waals surface area contributed by atoms with E-state index < -0.39 is 0 Å². The van der Waals surface area contributed by atoms with Crippen molar-refractivity contribution in [2.75, 3.05) is 13.1 Å². The van der Waals surface area contributed by atoms with E-state index in [4.69, 9.17) is 0 Å². The summed E-state index contributed by atoms with van der Waals surface area (Å²) in [6, 6.07) is 10.7. The van der Waals surface area contributed by atoms with Crippen LogP contribution >= 0.6 is 0 Å². The van der Waals surface area contributed by atoms with Crippen molar-refractivity contribution in [1.29, 1.82) is 0 Å². The monoisotopic (exact) mass is 260 g/mol. The van der Waals surface area contributed by atoms with Crippen LogP contribution in [0.15, 0.2) is 24.3 Å². The predicted molar refractivity (Wildman–Crippen MR) is 82.5 cm³/mol. The largest absolute Gasteiger partial charge is 0.309 e. The number of fused-ring (bicyclic) bond motifs is 1. The summed E-state index contributed by atoms with van der Waals surface area (Å²) in [6.45, 7) is 11.4. The molecule has 2 unspecified atom stereocenters. The summed E-state index contributed by atoms with van der Waals surface area (Å²) in [5, 5.41) is 3.77. The zero-order valence-electron chi connectivity index (χ0n) is 12.8. The Bertz CT molecular complexity index is 400. The fraction of sp³-hybridized carbons (Fsp3) is 0.647. The SMILES string of the molecule is CCCNC1c2ccccc2CC1N(CC)C(C)C. The predicted octanol–water partition coefficient (Wildman–Crippen LogP) is 3.38. The Labute approximate surface area is 118 Å². The van der Waals surface area contributed by atoms with Gasteiger partial charge >= 0.3 is 0 Å². The van der Waals surface area contributed by atoms with Crippen LogP contribution in [0.1, 0.15) is 51.3 Å². The van der Waals surface area contributed by atoms with Gasteiger partial charge < -0.3 is 5.32 Å². The van der Waals surface area contributed by atoms with E-state index >= 15 is 0 Å². The quantitative estimate of drug-likeness (QED) is 0.843. The van der Waals surface area contributed by atoms with Crippen LogP contribution < -0.4 is 5.32 Å². The molecule has 0 amide bonds. The van der Waals surface area contributed by atoms with E-state index in [0.29, 0.717) is 18.1 Å². The maximum Gasteiger partial charge on any atom is 0.0484 e. The first-order valence-corrected chi connectivity index (χ1v) is 7.75. The molecule has 1 aromatic rings. The van der Waals surface area contributed by atoms with Crippen molar-refractivity contribution < 1.29 is 0 Å². The number of benzene rings is 1. The molecule has 1 N–H and O–H groups in total. The lowest BCUT2D eigenvalue weighted by molar-refractivity contribution is 0.136. The minimum Gasteiger partial charge on any atom is -0.309 e. The van der Waals surface area contributed by atoms with Crippen LogP contribution in [-0.2, 0) is 6.42 Å². The number of hydrogen-bond acceptors (Lipinski definition) is 2. The number of likely N-dealkylation sites (N-methyl/N-ethyl adjacent to an activating group) is 1. The molecule has 0 spiro atoms. The van der Waals surface area contributed by atoms with E-state index in [-0.39, 0.29) is 0 Å². The summed E-state index contributed by atoms with van der Waals surface area (Å²) >= 11 is 0. The first-order chi connectivity index (χ1) is 9.19. The van der Waals surface area contributed by atoms with E-state index in [1.54, 1.807) is 0 Å². The second kappa shape index (κ2) is 6.53. The van der Waals surface area contributed by atoms with Gasteiger partial charge in [-0.1, -0.05) is 38.1 Å². The van der Waals surface area contributed by atoms with Crippen LogP contribution in [0.3, 0.4) is 0 Å². The van der Waals surface area contributed by atoms with Gasteiger partial charge in [0, 0.05) is 18.1 Å². The van der Waals surface area contributed by atoms with E-state index in [1.807, 2.05) is 0 Å². The molecule has 0 aromatic heterocycles. The Morgan fingerprint density at radius 1 is 1.26 bits per heavy atom. The highest BCUT2D eigenvalue weighted by Gasteiger charge is 2.35. The van der Waals surface area contributed by atoms with Crippen LogP contribution in [0.4, 0.5) is 0 Å². The molecule has 106 valence electrons. The summed E-state index contributed by atoms with van der Waals surface area (Å²) in [5.41, 5.74) is 3.04. The Kier molecular flexibility index (Phi) is 5.00. The van der Waals surface area contributed by atoms with Crippen LogP contribution in [-0.4, -0.2) is 30.1 Å². The van der Waals surface area contributed by atoms with Gasteiger partial charge in [0.05, 0.1) is 0 Å². The molecule has 1 aliphatic rings. The third kappa shape index (κ3) is 3.01. The van der Waals surface area contributed by atoms with Gasteiger partial charge in [-0.25, -0.2) is 0 Å². The van der Waals surface area contributed by atoms with Crippen LogP contribution in [0.25, 0.3) is 0 Å². The molecule has 2 atom stereocenters. The fourth-order valence-electron chi connectivity index (χ4n) is 3.41. The summed E-state index contributed by atoms with van der Waals surface area (Å²) in [6.07, 6.45) is 2.38. The van der Waals surface area contributed by atoms with Crippen molar-refractivity contribution in [2.45, 2.75) is 58.7 Å². The van der Waals surface area contributed by atoms with Crippen LogP contribution in [0.5, 0.6) is 0 Å². The zero-order valence-corrected chi connectivity index (χ0v) is 12.8. The van der Waals surface area contributed by atoms with E-state index in [2.05, 4.69) is 62.2 Å². The molecule has 0 radical (unpaired) electrons. The molecule has 0 fully saturated rings. The molecule has 0 bridgehead atoms. The summed E-state index contributed by atoms with van der Waals surface area (Å²) in [4.78, 5) is 2.63. The van der Waals surface area contributed by atoms with Gasteiger partial charge in [0.15, 0.2) is 0 Å². The lowest BCUT2D eigenvalue weighted by Gasteiger charge is -2.36. The van der Waals surface area contributed by atoms with Crippen LogP contribution in [0.2, 0.25) is 0 Å². The Hall–Kier alpha value is -0.860. The van der Waals surface area contributed by atoms with Gasteiger partial charge in [0.1, 0.15) is 0 Å². The first kappa shape index (κ1) is 14.5. The minimum absolute atomic E-state index is 0.499. The molecule has 0 saturated carbocycles. The number of nitrogens with one attached hydrogen (secondary N) is 1. The van der Waals surface area contributed by atoms with Crippen molar-refractivity contribution in [3.05, 3.63) is 35.4 Å². The highest BCUT2D eigenvalue weighted by molar-refractivity contribution is 5.37. The maximum absolute atomic E-state index is 3.77. The average molecular weight is 260 g/mol. The third-order valence-electron chi connectivity index (χ3n) is 4.27. The van der Waals surface area contributed by atoms with Crippen molar-refractivity contribution >= 4 is 0 Å². The molecule has 2 rings (SSSR count). The standard InChI is InChI=1S/C17H28N2/c1-5-11-18-17-15-10-8-7-9-14(15)12-16(17)19(6-2)13(3)4/h7-10,13,16-18H,5-6,11-12H2,1-4H3. The molecule has 0 heterocycles. The smallest absolute Gasteiger partial charge is 0.0484 e. The Morgan fingerprint density at radius 3 is 2.63 bits per heavy atom. The molecule has 2 nitrogen and oxygen atoms in total. The van der Waals surface area contributed by atoms with Crippen molar-refractivity contribution in [3.63, 3.8) is 0 Å². The second-order valence-electron chi connectivity index (χ2n) is 5.83. The molecular formula is C17H28N2. The van der Waals surface area contributed by atoms with Gasteiger partial charge in [0.2, 0.25) is 0 Å². The summed E-state index contributed by atoms with van der Waals surface area (Å²) in [7, 11) is 0. The minimum atomic E-state index is 0.499. The van der Waals surface area contributed by atoms with E-state index in [1.165, 1.54) is 24.0 Å². The third-order valence-corrected chi connectivity index (χ3v) is 4.27. The molecule has 1 aliphatic carbocycles. The Morgan fingerprint density at radius 2 is 2.00 bits per heavy atom. The van der Waals surface area contributed by atoms with Gasteiger partial charge in [0.25, 0.3) is 0 Å². The lowest BCUT2D eigenvalue weighted by Crippen LogP contribution is -2.46. The first-order valence-electron chi connectivity index (χ1n) is 7.75. The topological polar surface area (TPSA) is 15.3 Å². The molecule has 0 saturated heterocycles. The molecule has 0 aliphatic heterocycles. The van der Waals surface area contributed by atoms with Crippen molar-refractivity contribution in [1.82, 2.24) is 10.2 Å². The highest BCUT2D eigenvalue weighted by Crippen LogP contribution is 2.35. The van der Waals surface area contributed by atoms with Crippen molar-refractivity contribution in [3.8, 4) is 0 Å². The molecular weight excluding hydrogens is 232 g/mol. The van der Waals surface area contributed by atoms with Crippen molar-refractivity contribution in [2.24, 2.45) is 0 Å². The normalized spacial score (nSPS) is 22.2. The fourth-order valence-corrected chi connectivity index (χ4v) is 3.41. The van der Waals surface area contributed by atoms with E-state index in [0.717, 1.165) is 13.1 Å². The molecule has 2 heteroatoms. The second-order valence-corrected chi connectivity index (χ2v) is 5.83. The van der Waals surface area contributed by atoms with Gasteiger partial charge in [-0.05, 0) is 50.9 Å². The lowest BCUT2D eigenvalue weighted by atomic mass is 10.0. The maximum atomic E-state index is 3.77. The highest BCUT2D eigenvalue weighted by atomic mass is 15.2. The zero-order chi connectivity index (χ0) is 13.8. The average Bonchev–Trinajstić information content (AvgIpc) is 2.75. The van der Waals surface area contributed by atoms with Crippen LogP contribution in [0, 0.1) is 0 Å². The van der Waals surface area contributed by atoms with Gasteiger partial charge in [-0.15, -0.1) is 0 Å². The number of nitrogens with zero attached hydrogens (tertiary/aromatic N) is 1. The number of rotatable bonds is 6. The van der Waals surface area contributed by atoms with E-state index in [9.17, 15) is 0 Å². The summed E-state index contributed by atoms with van der Waals surface area (Å²) < 4.78 is 0. The molecule has 1 aromatic carbocycles. The molecule has 19 heavy (non-hydrogen) atoms. The van der Waals surface area contributed by atoms with Gasteiger partial charge in [-0.2, -0.15) is 0 Å². The Balaban J connectivity index is 2.24.